The van der Waals surface area contributed by atoms with E-state index in [0.717, 1.165) is 19.3 Å². The first-order valence-corrected chi connectivity index (χ1v) is 10.3. The Morgan fingerprint density at radius 3 is 2.50 bits per heavy atom. The van der Waals surface area contributed by atoms with Crippen molar-refractivity contribution < 1.29 is 22.7 Å². The molecule has 0 bridgehead atoms. The van der Waals surface area contributed by atoms with Gasteiger partial charge < -0.3 is 10.1 Å². The van der Waals surface area contributed by atoms with Gasteiger partial charge in [0.2, 0.25) is 10.0 Å². The number of ether oxygens (including phenoxy) is 1. The second kappa shape index (κ2) is 8.83. The Kier molecular flexibility index (Phi) is 7.02. The first kappa shape index (κ1) is 20.7. The van der Waals surface area contributed by atoms with Crippen molar-refractivity contribution in [3.63, 3.8) is 0 Å². The molecule has 0 aliphatic carbocycles. The third-order valence-electron chi connectivity index (χ3n) is 3.88. The number of esters is 1. The monoisotopic (exact) mass is 402 g/mol. The minimum absolute atomic E-state index is 0.0299. The van der Waals surface area contributed by atoms with E-state index in [9.17, 15) is 18.0 Å². The number of amides is 1. The molecule has 26 heavy (non-hydrogen) atoms. The Balaban J connectivity index is 2.16. The molecule has 1 fully saturated rings. The summed E-state index contributed by atoms with van der Waals surface area (Å²) in [7, 11) is -3.78. The number of rotatable bonds is 6. The maximum Gasteiger partial charge on any atom is 0.338 e. The Morgan fingerprint density at radius 2 is 1.88 bits per heavy atom. The molecule has 1 aliphatic rings. The predicted octanol–water partition coefficient (Wildman–Crippen LogP) is 2.20. The average molecular weight is 403 g/mol. The van der Waals surface area contributed by atoms with E-state index in [0.29, 0.717) is 13.1 Å². The molecule has 1 aliphatic heterocycles. The van der Waals surface area contributed by atoms with Crippen molar-refractivity contribution in [3.05, 3.63) is 28.8 Å². The van der Waals surface area contributed by atoms with Crippen LogP contribution in [0.25, 0.3) is 0 Å². The quantitative estimate of drug-likeness (QED) is 0.736. The van der Waals surface area contributed by atoms with E-state index in [1.54, 1.807) is 13.8 Å². The molecule has 0 unspecified atom stereocenters. The summed E-state index contributed by atoms with van der Waals surface area (Å²) in [5.41, 5.74) is 0.0299. The standard InChI is InChI=1S/C17H23ClN2O5S/c1-12(2)19-16(21)11-25-17(22)13-6-7-14(18)15(10-13)26(23,24)20-8-4-3-5-9-20/h6-7,10,12H,3-5,8-9,11H2,1-2H3,(H,19,21). The van der Waals surface area contributed by atoms with Crippen molar-refractivity contribution in [3.8, 4) is 0 Å². The number of benzene rings is 1. The summed E-state index contributed by atoms with van der Waals surface area (Å²) in [6.45, 7) is 4.01. The molecule has 0 aromatic heterocycles. The number of piperidine rings is 1. The highest BCUT2D eigenvalue weighted by Gasteiger charge is 2.29. The van der Waals surface area contributed by atoms with Gasteiger partial charge in [0.25, 0.3) is 5.91 Å². The number of sulfonamides is 1. The maximum absolute atomic E-state index is 12.8. The van der Waals surface area contributed by atoms with Crippen molar-refractivity contribution in [2.75, 3.05) is 19.7 Å². The molecule has 0 radical (unpaired) electrons. The van der Waals surface area contributed by atoms with Gasteiger partial charge in [-0.1, -0.05) is 18.0 Å². The van der Waals surface area contributed by atoms with Crippen LogP contribution in [-0.4, -0.2) is 50.3 Å². The van der Waals surface area contributed by atoms with Gasteiger partial charge in [-0.2, -0.15) is 4.31 Å². The lowest BCUT2D eigenvalue weighted by atomic mass is 10.2. The third kappa shape index (κ3) is 5.18. The molecule has 1 amide bonds. The summed E-state index contributed by atoms with van der Waals surface area (Å²) in [6.07, 6.45) is 2.58. The van der Waals surface area contributed by atoms with Gasteiger partial charge in [-0.3, -0.25) is 4.79 Å². The summed E-state index contributed by atoms with van der Waals surface area (Å²) < 4.78 is 31.9. The first-order valence-electron chi connectivity index (χ1n) is 8.48. The van der Waals surface area contributed by atoms with Crippen LogP contribution in [0.2, 0.25) is 5.02 Å². The summed E-state index contributed by atoms with van der Waals surface area (Å²) in [5, 5.41) is 2.64. The van der Waals surface area contributed by atoms with Crippen molar-refractivity contribution in [2.24, 2.45) is 0 Å². The van der Waals surface area contributed by atoms with Gasteiger partial charge in [0.1, 0.15) is 4.90 Å². The Labute approximate surface area is 158 Å². The van der Waals surface area contributed by atoms with E-state index in [1.165, 1.54) is 22.5 Å². The lowest BCUT2D eigenvalue weighted by Crippen LogP contribution is -2.36. The van der Waals surface area contributed by atoms with Gasteiger partial charge in [-0.05, 0) is 44.9 Å². The SMILES string of the molecule is CC(C)NC(=O)COC(=O)c1ccc(Cl)c(S(=O)(=O)N2CCCCC2)c1. The molecule has 1 N–H and O–H groups in total. The topological polar surface area (TPSA) is 92.8 Å². The number of carbonyl (C=O) groups is 2. The van der Waals surface area contributed by atoms with Gasteiger partial charge in [-0.15, -0.1) is 0 Å². The van der Waals surface area contributed by atoms with Crippen molar-refractivity contribution in [1.82, 2.24) is 9.62 Å². The van der Waals surface area contributed by atoms with Gasteiger partial charge in [0.15, 0.2) is 6.61 Å². The summed E-state index contributed by atoms with van der Waals surface area (Å²) in [6, 6.07) is 3.86. The minimum Gasteiger partial charge on any atom is -0.452 e. The highest BCUT2D eigenvalue weighted by Crippen LogP contribution is 2.28. The zero-order valence-corrected chi connectivity index (χ0v) is 16.4. The molecule has 1 heterocycles. The zero-order valence-electron chi connectivity index (χ0n) is 14.8. The molecule has 1 aromatic rings. The van der Waals surface area contributed by atoms with Crippen LogP contribution in [-0.2, 0) is 19.6 Å². The number of halogens is 1. The molecule has 0 spiro atoms. The first-order chi connectivity index (χ1) is 12.2. The summed E-state index contributed by atoms with van der Waals surface area (Å²) in [5.74, 6) is -1.21. The molecule has 7 nitrogen and oxygen atoms in total. The normalized spacial score (nSPS) is 15.7. The lowest BCUT2D eigenvalue weighted by molar-refractivity contribution is -0.124. The molecule has 0 atom stereocenters. The minimum atomic E-state index is -3.78. The fraction of sp³-hybridized carbons (Fsp3) is 0.529. The molecular formula is C17H23ClN2O5S. The van der Waals surface area contributed by atoms with Crippen LogP contribution in [0.4, 0.5) is 0 Å². The predicted molar refractivity (Wildman–Crippen MR) is 97.6 cm³/mol. The van der Waals surface area contributed by atoms with Crippen LogP contribution in [0, 0.1) is 0 Å². The van der Waals surface area contributed by atoms with E-state index in [2.05, 4.69) is 5.32 Å². The maximum atomic E-state index is 12.8. The van der Waals surface area contributed by atoms with Crippen molar-refractivity contribution in [2.45, 2.75) is 44.0 Å². The van der Waals surface area contributed by atoms with Crippen LogP contribution in [0.3, 0.4) is 0 Å². The van der Waals surface area contributed by atoms with E-state index >= 15 is 0 Å². The Bertz CT molecular complexity index is 773. The van der Waals surface area contributed by atoms with Crippen LogP contribution >= 0.6 is 11.6 Å². The van der Waals surface area contributed by atoms with Gasteiger partial charge in [-0.25, -0.2) is 13.2 Å². The summed E-state index contributed by atoms with van der Waals surface area (Å²) >= 11 is 6.07. The Morgan fingerprint density at radius 1 is 1.23 bits per heavy atom. The molecule has 9 heteroatoms. The van der Waals surface area contributed by atoms with E-state index in [-0.39, 0.29) is 21.5 Å². The van der Waals surface area contributed by atoms with Crippen molar-refractivity contribution in [1.29, 1.82) is 0 Å². The van der Waals surface area contributed by atoms with Gasteiger partial charge in [0.05, 0.1) is 10.6 Å². The number of hydrogen-bond donors (Lipinski definition) is 1. The molecule has 2 rings (SSSR count). The summed E-state index contributed by atoms with van der Waals surface area (Å²) in [4.78, 5) is 23.6. The van der Waals surface area contributed by atoms with Crippen LogP contribution in [0.1, 0.15) is 43.5 Å². The van der Waals surface area contributed by atoms with Gasteiger partial charge in [0, 0.05) is 19.1 Å². The second-order valence-corrected chi connectivity index (χ2v) is 8.72. The molecule has 0 saturated carbocycles. The lowest BCUT2D eigenvalue weighted by Gasteiger charge is -2.26. The Hall–Kier alpha value is -1.64. The fourth-order valence-electron chi connectivity index (χ4n) is 2.65. The average Bonchev–Trinajstić information content (AvgIpc) is 2.60. The highest BCUT2D eigenvalue weighted by molar-refractivity contribution is 7.89. The van der Waals surface area contributed by atoms with E-state index < -0.39 is 28.5 Å². The van der Waals surface area contributed by atoms with Crippen LogP contribution in [0.15, 0.2) is 23.1 Å². The van der Waals surface area contributed by atoms with E-state index in [4.69, 9.17) is 16.3 Å². The number of nitrogens with one attached hydrogen (secondary N) is 1. The van der Waals surface area contributed by atoms with Crippen LogP contribution < -0.4 is 5.32 Å². The van der Waals surface area contributed by atoms with Gasteiger partial charge >= 0.3 is 5.97 Å². The molecule has 1 saturated heterocycles. The molecule has 1 aromatic carbocycles. The number of carbonyl (C=O) groups excluding carboxylic acids is 2. The van der Waals surface area contributed by atoms with Crippen molar-refractivity contribution >= 4 is 33.5 Å². The van der Waals surface area contributed by atoms with E-state index in [1.807, 2.05) is 0 Å². The largest absolute Gasteiger partial charge is 0.452 e. The highest BCUT2D eigenvalue weighted by atomic mass is 35.5. The fourth-order valence-corrected chi connectivity index (χ4v) is 4.67. The van der Waals surface area contributed by atoms with Crippen LogP contribution in [0.5, 0.6) is 0 Å². The molecular weight excluding hydrogens is 380 g/mol. The second-order valence-electron chi connectivity index (χ2n) is 6.41. The third-order valence-corrected chi connectivity index (χ3v) is 6.26. The zero-order chi connectivity index (χ0) is 19.3. The smallest absolute Gasteiger partial charge is 0.338 e. The number of hydrogen-bond acceptors (Lipinski definition) is 5. The number of nitrogens with zero attached hydrogens (tertiary/aromatic N) is 1. The molecule has 144 valence electrons.